The average molecular weight is 591 g/mol. The summed E-state index contributed by atoms with van der Waals surface area (Å²) in [5.41, 5.74) is -1.89. The fourth-order valence-electron chi connectivity index (χ4n) is 6.31. The molecule has 0 aliphatic heterocycles. The van der Waals surface area contributed by atoms with E-state index in [2.05, 4.69) is 27.7 Å². The Morgan fingerprint density at radius 3 is 1.00 bits per heavy atom. The van der Waals surface area contributed by atoms with Crippen molar-refractivity contribution in [3.05, 3.63) is 0 Å². The summed E-state index contributed by atoms with van der Waals surface area (Å²) in [7, 11) is 0. The molecule has 0 aromatic heterocycles. The maximum absolute atomic E-state index is 12.5. The second-order valence-corrected chi connectivity index (χ2v) is 13.6. The molecule has 0 amide bonds. The van der Waals surface area contributed by atoms with Crippen LogP contribution >= 0.6 is 0 Å². The van der Waals surface area contributed by atoms with E-state index in [1.54, 1.807) is 0 Å². The zero-order chi connectivity index (χ0) is 29.1. The van der Waals surface area contributed by atoms with Gasteiger partial charge in [0.1, 0.15) is 0 Å². The molecule has 0 rings (SSSR count). The van der Waals surface area contributed by atoms with Crippen molar-refractivity contribution < 1.29 is 34.1 Å². The van der Waals surface area contributed by atoms with Gasteiger partial charge in [-0.1, -0.05) is 0 Å². The van der Waals surface area contributed by atoms with Crippen LogP contribution < -0.4 is 0 Å². The van der Waals surface area contributed by atoms with Crippen molar-refractivity contribution >= 4 is 0 Å². The Labute approximate surface area is 252 Å². The Bertz CT molecular complexity index is 507. The molecule has 0 saturated heterocycles. The van der Waals surface area contributed by atoms with Crippen LogP contribution in [-0.2, 0) is 25.3 Å². The summed E-state index contributed by atoms with van der Waals surface area (Å²) >= 11 is -3.85. The van der Waals surface area contributed by atoms with E-state index in [-0.39, 0.29) is 0 Å². The van der Waals surface area contributed by atoms with E-state index in [9.17, 15) is 12.1 Å². The third kappa shape index (κ3) is 20.0. The van der Waals surface area contributed by atoms with Crippen LogP contribution in [0.2, 0.25) is 0 Å². The van der Waals surface area contributed by atoms with Gasteiger partial charge in [-0.05, 0) is 0 Å². The number of aliphatic hydroxyl groups is 1. The van der Waals surface area contributed by atoms with E-state index in [0.29, 0.717) is 12.8 Å². The van der Waals surface area contributed by atoms with E-state index in [1.165, 1.54) is 103 Å². The second-order valence-electron chi connectivity index (χ2n) is 12.5. The van der Waals surface area contributed by atoms with Crippen molar-refractivity contribution in [2.75, 3.05) is 0 Å². The van der Waals surface area contributed by atoms with Crippen molar-refractivity contribution in [2.24, 2.45) is 0 Å². The number of hydrogen-bond donors (Lipinski definition) is 2. The van der Waals surface area contributed by atoms with Gasteiger partial charge in [-0.3, -0.25) is 0 Å². The van der Waals surface area contributed by atoms with Crippen LogP contribution in [0.3, 0.4) is 0 Å². The summed E-state index contributed by atoms with van der Waals surface area (Å²) in [5.74, 6) is 0. The first-order valence-corrected chi connectivity index (χ1v) is 19.5. The second kappa shape index (κ2) is 27.2. The summed E-state index contributed by atoms with van der Waals surface area (Å²) in [5, 5.41) is 12.5. The molecular weight excluding hydrogens is 520 g/mol. The van der Waals surface area contributed by atoms with Gasteiger partial charge in [-0.25, -0.2) is 0 Å². The van der Waals surface area contributed by atoms with Gasteiger partial charge in [-0.2, -0.15) is 0 Å². The molecule has 0 heterocycles. The number of rotatable bonds is 31. The van der Waals surface area contributed by atoms with Gasteiger partial charge in [0.05, 0.1) is 0 Å². The maximum atomic E-state index is 12.5. The molecular formula is C34H70O4Ti. The zero-order valence-corrected chi connectivity index (χ0v) is 28.6. The van der Waals surface area contributed by atoms with Crippen molar-refractivity contribution in [2.45, 2.75) is 219 Å². The van der Waals surface area contributed by atoms with Crippen LogP contribution in [0.25, 0.3) is 0 Å². The average Bonchev–Trinajstić information content (AvgIpc) is 2.91. The molecule has 0 unspecified atom stereocenters. The number of unbranched alkanes of at least 4 members (excludes halogenated alkanes) is 20. The fraction of sp³-hybridized carbons (Fsp3) is 1.00. The summed E-state index contributed by atoms with van der Waals surface area (Å²) < 4.78 is 28.8. The SMILES string of the molecule is CCCCCCCCC(O)(CCCCCCCC)C(CCCCCCCC)(CCCCCCCC)[O][Ti](=[O])[OH]. The van der Waals surface area contributed by atoms with Gasteiger partial charge in [0.15, 0.2) is 0 Å². The summed E-state index contributed by atoms with van der Waals surface area (Å²) in [6, 6.07) is 0. The first kappa shape index (κ1) is 39.4. The van der Waals surface area contributed by atoms with Crippen molar-refractivity contribution in [3.63, 3.8) is 0 Å². The van der Waals surface area contributed by atoms with Crippen molar-refractivity contribution in [1.29, 1.82) is 0 Å². The van der Waals surface area contributed by atoms with E-state index in [1.807, 2.05) is 0 Å². The van der Waals surface area contributed by atoms with E-state index < -0.39 is 29.8 Å². The molecule has 0 aromatic carbocycles. The topological polar surface area (TPSA) is 66.8 Å². The molecule has 0 atom stereocenters. The van der Waals surface area contributed by atoms with Gasteiger partial charge < -0.3 is 0 Å². The third-order valence-electron chi connectivity index (χ3n) is 8.89. The van der Waals surface area contributed by atoms with E-state index in [4.69, 9.17) is 3.32 Å². The first-order valence-electron chi connectivity index (χ1n) is 17.6. The van der Waals surface area contributed by atoms with Crippen LogP contribution in [0.5, 0.6) is 0 Å². The van der Waals surface area contributed by atoms with Crippen LogP contribution in [-0.4, -0.2) is 20.0 Å². The predicted molar refractivity (Wildman–Crippen MR) is 164 cm³/mol. The Kier molecular flexibility index (Phi) is 27.5. The van der Waals surface area contributed by atoms with E-state index in [0.717, 1.165) is 64.2 Å². The van der Waals surface area contributed by atoms with Crippen LogP contribution in [0.1, 0.15) is 207 Å². The van der Waals surface area contributed by atoms with Crippen molar-refractivity contribution in [1.82, 2.24) is 0 Å². The van der Waals surface area contributed by atoms with Crippen LogP contribution in [0, 0.1) is 0 Å². The summed E-state index contributed by atoms with van der Waals surface area (Å²) in [6.45, 7) is 8.97. The molecule has 0 aliphatic carbocycles. The molecule has 0 radical (unpaired) electrons. The molecule has 0 bridgehead atoms. The van der Waals surface area contributed by atoms with Gasteiger partial charge in [-0.15, -0.1) is 0 Å². The predicted octanol–water partition coefficient (Wildman–Crippen LogP) is 11.3. The Morgan fingerprint density at radius 2 is 0.718 bits per heavy atom. The van der Waals surface area contributed by atoms with Gasteiger partial charge in [0.2, 0.25) is 0 Å². The molecule has 4 nitrogen and oxygen atoms in total. The fourth-order valence-corrected chi connectivity index (χ4v) is 7.45. The third-order valence-corrected chi connectivity index (χ3v) is 9.77. The number of hydrogen-bond acceptors (Lipinski definition) is 3. The quantitative estimate of drug-likeness (QED) is 0.0622. The van der Waals surface area contributed by atoms with Gasteiger partial charge in [0.25, 0.3) is 0 Å². The minimum atomic E-state index is -3.85. The summed E-state index contributed by atoms with van der Waals surface area (Å²) in [4.78, 5) is 0. The Balaban J connectivity index is 5.69. The van der Waals surface area contributed by atoms with Gasteiger partial charge in [0, 0.05) is 0 Å². The monoisotopic (exact) mass is 590 g/mol. The Hall–Kier alpha value is 0.394. The van der Waals surface area contributed by atoms with E-state index >= 15 is 0 Å². The molecule has 0 aliphatic rings. The molecule has 0 spiro atoms. The zero-order valence-electron chi connectivity index (χ0n) is 27.0. The molecule has 0 saturated carbocycles. The molecule has 234 valence electrons. The van der Waals surface area contributed by atoms with Gasteiger partial charge >= 0.3 is 253 Å². The molecule has 5 heteroatoms. The molecule has 0 fully saturated rings. The minimum absolute atomic E-state index is 0.700. The Morgan fingerprint density at radius 1 is 0.462 bits per heavy atom. The molecule has 0 aromatic rings. The van der Waals surface area contributed by atoms with Crippen LogP contribution in [0.4, 0.5) is 0 Å². The van der Waals surface area contributed by atoms with Crippen LogP contribution in [0.15, 0.2) is 0 Å². The van der Waals surface area contributed by atoms with Crippen molar-refractivity contribution in [3.8, 4) is 0 Å². The molecule has 2 N–H and O–H groups in total. The first-order chi connectivity index (χ1) is 18.9. The normalized spacial score (nSPS) is 12.4. The summed E-state index contributed by atoms with van der Waals surface area (Å²) in [6.07, 6.45) is 31.1. The standard InChI is InChI=1S/C34H69O2.H2O.O.Ti/c1-5-9-13-17-21-25-29-33(35,30-26-22-18-14-10-6-2)34(36,31-27-23-19-15-11-7-3)32-28-24-20-16-12-8-4;;;/h35H,5-32H2,1-4H3;1H2;;/q-1;;;+2/p-1. The molecule has 39 heavy (non-hydrogen) atoms.